The summed E-state index contributed by atoms with van der Waals surface area (Å²) in [4.78, 5) is 0. The van der Waals surface area contributed by atoms with Crippen LogP contribution in [0.1, 0.15) is 16.7 Å². The molecule has 8 heteroatoms. The lowest BCUT2D eigenvalue weighted by molar-refractivity contribution is 0.211. The van der Waals surface area contributed by atoms with Crippen LogP contribution in [0.5, 0.6) is 17.2 Å². The topological polar surface area (TPSA) is 70.8 Å². The number of aromatic nitrogens is 3. The summed E-state index contributed by atoms with van der Waals surface area (Å²) >= 11 is 6.37. The molecule has 0 bridgehead atoms. The Morgan fingerprint density at radius 2 is 1.79 bits per heavy atom. The van der Waals surface area contributed by atoms with E-state index in [9.17, 15) is 0 Å². The Morgan fingerprint density at radius 1 is 1.04 bits per heavy atom. The van der Waals surface area contributed by atoms with E-state index < -0.39 is 0 Å². The number of hydrogen-bond acceptors (Lipinski definition) is 6. The SMILES string of the molecule is COc1cc(/C=N/n2cnnc2)cc(Cl)c1OCCOc1ccc(C)c(C)c1. The highest BCUT2D eigenvalue weighted by Gasteiger charge is 2.12. The summed E-state index contributed by atoms with van der Waals surface area (Å²) in [5.74, 6) is 1.79. The molecule has 1 aromatic heterocycles. The second-order valence-electron chi connectivity index (χ2n) is 6.06. The maximum Gasteiger partial charge on any atom is 0.179 e. The summed E-state index contributed by atoms with van der Waals surface area (Å²) in [5.41, 5.74) is 3.18. The van der Waals surface area contributed by atoms with Gasteiger partial charge in [-0.05, 0) is 54.8 Å². The zero-order chi connectivity index (χ0) is 19.9. The van der Waals surface area contributed by atoms with Crippen LogP contribution in [0, 0.1) is 13.8 Å². The van der Waals surface area contributed by atoms with Crippen LogP contribution < -0.4 is 14.2 Å². The summed E-state index contributed by atoms with van der Waals surface area (Å²) in [5, 5.41) is 12.0. The second kappa shape index (κ2) is 9.23. The van der Waals surface area contributed by atoms with E-state index in [1.807, 2.05) is 18.2 Å². The van der Waals surface area contributed by atoms with Gasteiger partial charge in [0.15, 0.2) is 11.5 Å². The molecule has 0 aliphatic rings. The van der Waals surface area contributed by atoms with E-state index in [1.54, 1.807) is 25.5 Å². The van der Waals surface area contributed by atoms with Crippen LogP contribution >= 0.6 is 11.6 Å². The van der Waals surface area contributed by atoms with Crippen LogP contribution in [-0.2, 0) is 0 Å². The van der Waals surface area contributed by atoms with E-state index in [4.69, 9.17) is 25.8 Å². The average molecular weight is 401 g/mol. The molecule has 3 aromatic rings. The minimum atomic E-state index is 0.331. The maximum absolute atomic E-state index is 6.37. The number of ether oxygens (including phenoxy) is 3. The summed E-state index contributed by atoms with van der Waals surface area (Å²) in [6, 6.07) is 9.52. The van der Waals surface area contributed by atoms with Crippen LogP contribution in [-0.4, -0.2) is 41.4 Å². The molecule has 0 saturated heterocycles. The van der Waals surface area contributed by atoms with Gasteiger partial charge in [-0.1, -0.05) is 17.7 Å². The van der Waals surface area contributed by atoms with Crippen molar-refractivity contribution >= 4 is 17.8 Å². The van der Waals surface area contributed by atoms with Crippen molar-refractivity contribution in [1.82, 2.24) is 14.9 Å². The largest absolute Gasteiger partial charge is 0.493 e. The molecule has 146 valence electrons. The lowest BCUT2D eigenvalue weighted by Crippen LogP contribution is -2.10. The highest BCUT2D eigenvalue weighted by Crippen LogP contribution is 2.36. The van der Waals surface area contributed by atoms with Gasteiger partial charge < -0.3 is 14.2 Å². The van der Waals surface area contributed by atoms with Gasteiger partial charge in [-0.3, -0.25) is 0 Å². The molecule has 1 heterocycles. The van der Waals surface area contributed by atoms with Gasteiger partial charge in [-0.15, -0.1) is 10.2 Å². The van der Waals surface area contributed by atoms with Gasteiger partial charge in [-0.25, -0.2) is 4.68 Å². The third-order valence-electron chi connectivity index (χ3n) is 4.08. The average Bonchev–Trinajstić information content (AvgIpc) is 3.20. The van der Waals surface area contributed by atoms with Crippen molar-refractivity contribution in [3.8, 4) is 17.2 Å². The van der Waals surface area contributed by atoms with Gasteiger partial charge in [0.25, 0.3) is 0 Å². The Morgan fingerprint density at radius 3 is 2.50 bits per heavy atom. The summed E-state index contributed by atoms with van der Waals surface area (Å²) in [6.45, 7) is 4.84. The van der Waals surface area contributed by atoms with Gasteiger partial charge in [0.1, 0.15) is 31.6 Å². The summed E-state index contributed by atoms with van der Waals surface area (Å²) in [6.07, 6.45) is 4.61. The van der Waals surface area contributed by atoms with Crippen molar-refractivity contribution in [3.05, 3.63) is 64.7 Å². The molecule has 0 fully saturated rings. The van der Waals surface area contributed by atoms with Crippen LogP contribution in [0.3, 0.4) is 0 Å². The summed E-state index contributed by atoms with van der Waals surface area (Å²) < 4.78 is 18.4. The highest BCUT2D eigenvalue weighted by molar-refractivity contribution is 6.32. The fourth-order valence-corrected chi connectivity index (χ4v) is 2.72. The number of benzene rings is 2. The lowest BCUT2D eigenvalue weighted by atomic mass is 10.1. The molecule has 0 saturated carbocycles. The first-order valence-electron chi connectivity index (χ1n) is 8.66. The maximum atomic E-state index is 6.37. The minimum Gasteiger partial charge on any atom is -0.493 e. The van der Waals surface area contributed by atoms with E-state index in [0.29, 0.717) is 29.7 Å². The predicted molar refractivity (Wildman–Crippen MR) is 108 cm³/mol. The molecule has 0 aliphatic carbocycles. The van der Waals surface area contributed by atoms with Gasteiger partial charge in [0, 0.05) is 0 Å². The van der Waals surface area contributed by atoms with Crippen LogP contribution in [0.4, 0.5) is 0 Å². The fraction of sp³-hybridized carbons (Fsp3) is 0.250. The van der Waals surface area contributed by atoms with Crippen molar-refractivity contribution in [2.24, 2.45) is 5.10 Å². The molecule has 3 rings (SSSR count). The quantitative estimate of drug-likeness (QED) is 0.423. The Kier molecular flexibility index (Phi) is 6.49. The van der Waals surface area contributed by atoms with E-state index >= 15 is 0 Å². The van der Waals surface area contributed by atoms with E-state index in [1.165, 1.54) is 28.5 Å². The molecule has 0 atom stereocenters. The summed E-state index contributed by atoms with van der Waals surface area (Å²) in [7, 11) is 1.56. The van der Waals surface area contributed by atoms with Crippen LogP contribution in [0.25, 0.3) is 0 Å². The van der Waals surface area contributed by atoms with Gasteiger partial charge in [0.2, 0.25) is 0 Å². The third-order valence-corrected chi connectivity index (χ3v) is 4.36. The Balaban J connectivity index is 1.62. The second-order valence-corrected chi connectivity index (χ2v) is 6.47. The zero-order valence-corrected chi connectivity index (χ0v) is 16.7. The smallest absolute Gasteiger partial charge is 0.179 e. The number of methoxy groups -OCH3 is 1. The van der Waals surface area contributed by atoms with Gasteiger partial charge >= 0.3 is 0 Å². The first kappa shape index (κ1) is 19.7. The van der Waals surface area contributed by atoms with Crippen molar-refractivity contribution < 1.29 is 14.2 Å². The van der Waals surface area contributed by atoms with Gasteiger partial charge in [0.05, 0.1) is 18.3 Å². The Hall–Kier alpha value is -3.06. The molecular weight excluding hydrogens is 380 g/mol. The molecule has 0 aliphatic heterocycles. The van der Waals surface area contributed by atoms with Crippen molar-refractivity contribution in [2.45, 2.75) is 13.8 Å². The van der Waals surface area contributed by atoms with Crippen molar-refractivity contribution in [2.75, 3.05) is 20.3 Å². The Bertz CT molecular complexity index is 958. The molecule has 2 aromatic carbocycles. The molecule has 0 radical (unpaired) electrons. The number of rotatable bonds is 8. The molecule has 0 N–H and O–H groups in total. The van der Waals surface area contributed by atoms with E-state index in [2.05, 4.69) is 29.1 Å². The third kappa shape index (κ3) is 5.01. The van der Waals surface area contributed by atoms with Crippen molar-refractivity contribution in [3.63, 3.8) is 0 Å². The molecule has 0 unspecified atom stereocenters. The Labute approximate surface area is 168 Å². The first-order valence-corrected chi connectivity index (χ1v) is 9.04. The predicted octanol–water partition coefficient (Wildman–Crippen LogP) is 3.90. The number of hydrogen-bond donors (Lipinski definition) is 0. The standard InChI is InChI=1S/C20H21ClN4O3/c1-14-4-5-17(8-15(14)2)27-6-7-28-20-18(21)9-16(10-19(20)26-3)11-24-25-12-22-23-13-25/h4-5,8-13H,6-7H2,1-3H3/b24-11+. The molecule has 28 heavy (non-hydrogen) atoms. The van der Waals surface area contributed by atoms with Gasteiger partial charge in [-0.2, -0.15) is 5.10 Å². The normalized spacial score (nSPS) is 11.0. The van der Waals surface area contributed by atoms with Crippen LogP contribution in [0.2, 0.25) is 5.02 Å². The first-order chi connectivity index (χ1) is 13.6. The van der Waals surface area contributed by atoms with E-state index in [-0.39, 0.29) is 0 Å². The fourth-order valence-electron chi connectivity index (χ4n) is 2.45. The number of aryl methyl sites for hydroxylation is 2. The van der Waals surface area contributed by atoms with Crippen molar-refractivity contribution in [1.29, 1.82) is 0 Å². The molecule has 0 spiro atoms. The zero-order valence-electron chi connectivity index (χ0n) is 15.9. The molecular formula is C20H21ClN4O3. The highest BCUT2D eigenvalue weighted by atomic mass is 35.5. The minimum absolute atomic E-state index is 0.331. The monoisotopic (exact) mass is 400 g/mol. The lowest BCUT2D eigenvalue weighted by Gasteiger charge is -2.14. The number of nitrogens with zero attached hydrogens (tertiary/aromatic N) is 4. The van der Waals surface area contributed by atoms with E-state index in [0.717, 1.165) is 11.3 Å². The molecule has 0 amide bonds. The number of halogens is 1. The van der Waals surface area contributed by atoms with Crippen LogP contribution in [0.15, 0.2) is 48.1 Å². The molecule has 7 nitrogen and oxygen atoms in total.